The molecule has 0 aliphatic carbocycles. The van der Waals surface area contributed by atoms with Gasteiger partial charge in [-0.05, 0) is 46.0 Å². The average Bonchev–Trinajstić information content (AvgIpc) is 2.27. The molecule has 0 bridgehead atoms. The minimum absolute atomic E-state index is 0.0843. The van der Waals surface area contributed by atoms with Gasteiger partial charge in [0.2, 0.25) is 0 Å². The summed E-state index contributed by atoms with van der Waals surface area (Å²) < 4.78 is 5.45. The van der Waals surface area contributed by atoms with Gasteiger partial charge in [0.1, 0.15) is 6.10 Å². The Hall–Kier alpha value is -1.35. The van der Waals surface area contributed by atoms with Gasteiger partial charge in [-0.2, -0.15) is 0 Å². The van der Waals surface area contributed by atoms with E-state index in [1.807, 2.05) is 64.0 Å². The molecule has 0 heterocycles. The second kappa shape index (κ2) is 6.55. The first-order chi connectivity index (χ1) is 8.41. The fraction of sp³-hybridized carbons (Fsp3) is 0.533. The number of hydrogen-bond acceptors (Lipinski definition) is 3. The summed E-state index contributed by atoms with van der Waals surface area (Å²) in [6.07, 6.45) is -0.0843. The van der Waals surface area contributed by atoms with Gasteiger partial charge in [-0.1, -0.05) is 24.3 Å². The van der Waals surface area contributed by atoms with Crippen LogP contribution in [0.1, 0.15) is 30.9 Å². The van der Waals surface area contributed by atoms with Crippen molar-refractivity contribution in [3.8, 4) is 0 Å². The maximum Gasteiger partial charge on any atom is 0.313 e. The van der Waals surface area contributed by atoms with Crippen molar-refractivity contribution in [3.63, 3.8) is 0 Å². The van der Waals surface area contributed by atoms with Crippen molar-refractivity contribution >= 4 is 5.97 Å². The number of ether oxygens (including phenoxy) is 1. The van der Waals surface area contributed by atoms with E-state index in [-0.39, 0.29) is 18.0 Å². The molecule has 1 rings (SSSR count). The molecule has 0 aliphatic heterocycles. The standard InChI is InChI=1S/C15H23NO2/c1-11-8-6-7-9-14(11)13(3)15(17)18-12(2)10-16(4)5/h6-9,12-13H,10H2,1-5H3/t12-,13-/m1/s1. The Kier molecular flexibility index (Phi) is 5.35. The molecule has 0 saturated heterocycles. The topological polar surface area (TPSA) is 29.5 Å². The van der Waals surface area contributed by atoms with Gasteiger partial charge in [0, 0.05) is 6.54 Å². The van der Waals surface area contributed by atoms with E-state index < -0.39 is 0 Å². The highest BCUT2D eigenvalue weighted by molar-refractivity contribution is 5.78. The number of esters is 1. The molecule has 0 aliphatic rings. The summed E-state index contributed by atoms with van der Waals surface area (Å²) in [5, 5.41) is 0. The van der Waals surface area contributed by atoms with Crippen molar-refractivity contribution in [1.82, 2.24) is 4.90 Å². The molecule has 1 aromatic carbocycles. The highest BCUT2D eigenvalue weighted by atomic mass is 16.5. The Morgan fingerprint density at radius 2 is 1.89 bits per heavy atom. The fourth-order valence-corrected chi connectivity index (χ4v) is 2.05. The van der Waals surface area contributed by atoms with Crippen molar-refractivity contribution < 1.29 is 9.53 Å². The number of hydrogen-bond donors (Lipinski definition) is 0. The van der Waals surface area contributed by atoms with Crippen LogP contribution in [0.25, 0.3) is 0 Å². The van der Waals surface area contributed by atoms with Crippen LogP contribution in [0.4, 0.5) is 0 Å². The molecule has 3 nitrogen and oxygen atoms in total. The second-order valence-corrected chi connectivity index (χ2v) is 5.09. The third kappa shape index (κ3) is 4.15. The van der Waals surface area contributed by atoms with E-state index in [2.05, 4.69) is 0 Å². The molecule has 0 aromatic heterocycles. The van der Waals surface area contributed by atoms with E-state index in [0.717, 1.165) is 17.7 Å². The van der Waals surface area contributed by atoms with Crippen LogP contribution < -0.4 is 0 Å². The first-order valence-corrected chi connectivity index (χ1v) is 6.32. The van der Waals surface area contributed by atoms with Gasteiger partial charge in [0.25, 0.3) is 0 Å². The van der Waals surface area contributed by atoms with Crippen LogP contribution in [0.15, 0.2) is 24.3 Å². The van der Waals surface area contributed by atoms with Crippen LogP contribution in [-0.4, -0.2) is 37.6 Å². The van der Waals surface area contributed by atoms with E-state index in [1.165, 1.54) is 0 Å². The van der Waals surface area contributed by atoms with Gasteiger partial charge in [-0.25, -0.2) is 0 Å². The number of carbonyl (C=O) groups is 1. The summed E-state index contributed by atoms with van der Waals surface area (Å²) in [7, 11) is 3.93. The minimum atomic E-state index is -0.212. The van der Waals surface area contributed by atoms with Gasteiger partial charge >= 0.3 is 5.97 Å². The van der Waals surface area contributed by atoms with Crippen molar-refractivity contribution in [2.24, 2.45) is 0 Å². The number of carbonyl (C=O) groups excluding carboxylic acids is 1. The summed E-state index contributed by atoms with van der Waals surface area (Å²) in [6, 6.07) is 7.93. The van der Waals surface area contributed by atoms with Crippen LogP contribution in [0.3, 0.4) is 0 Å². The predicted octanol–water partition coefficient (Wildman–Crippen LogP) is 2.59. The van der Waals surface area contributed by atoms with Gasteiger partial charge in [0.15, 0.2) is 0 Å². The lowest BCUT2D eigenvalue weighted by Crippen LogP contribution is -2.29. The van der Waals surface area contributed by atoms with E-state index >= 15 is 0 Å². The number of likely N-dealkylation sites (N-methyl/N-ethyl adjacent to an activating group) is 1. The number of rotatable bonds is 5. The molecule has 18 heavy (non-hydrogen) atoms. The Balaban J connectivity index is 2.65. The van der Waals surface area contributed by atoms with Crippen molar-refractivity contribution in [1.29, 1.82) is 0 Å². The average molecular weight is 249 g/mol. The molecule has 0 spiro atoms. The molecular weight excluding hydrogens is 226 g/mol. The summed E-state index contributed by atoms with van der Waals surface area (Å²) in [5.74, 6) is -0.366. The third-order valence-corrected chi connectivity index (χ3v) is 2.95. The molecule has 100 valence electrons. The monoisotopic (exact) mass is 249 g/mol. The van der Waals surface area contributed by atoms with Crippen LogP contribution in [0, 0.1) is 6.92 Å². The first kappa shape index (κ1) is 14.7. The second-order valence-electron chi connectivity index (χ2n) is 5.09. The van der Waals surface area contributed by atoms with Crippen LogP contribution >= 0.6 is 0 Å². The molecule has 3 heteroatoms. The Morgan fingerprint density at radius 3 is 2.44 bits per heavy atom. The number of aryl methyl sites for hydroxylation is 1. The summed E-state index contributed by atoms with van der Waals surface area (Å²) in [5.41, 5.74) is 2.17. The van der Waals surface area contributed by atoms with Gasteiger partial charge in [0.05, 0.1) is 5.92 Å². The lowest BCUT2D eigenvalue weighted by molar-refractivity contribution is -0.150. The molecule has 2 atom stereocenters. The number of nitrogens with zero attached hydrogens (tertiary/aromatic N) is 1. The van der Waals surface area contributed by atoms with Crippen LogP contribution in [-0.2, 0) is 9.53 Å². The molecule has 0 unspecified atom stereocenters. The lowest BCUT2D eigenvalue weighted by Gasteiger charge is -2.20. The molecule has 0 amide bonds. The zero-order chi connectivity index (χ0) is 13.7. The molecular formula is C15H23NO2. The maximum atomic E-state index is 12.0. The highest BCUT2D eigenvalue weighted by Gasteiger charge is 2.20. The smallest absolute Gasteiger partial charge is 0.313 e. The van der Waals surface area contributed by atoms with E-state index in [4.69, 9.17) is 4.74 Å². The normalized spacial score (nSPS) is 14.3. The van der Waals surface area contributed by atoms with Gasteiger partial charge in [-0.3, -0.25) is 4.79 Å². The van der Waals surface area contributed by atoms with Crippen LogP contribution in [0.2, 0.25) is 0 Å². The third-order valence-electron chi connectivity index (χ3n) is 2.95. The zero-order valence-corrected chi connectivity index (χ0v) is 11.9. The van der Waals surface area contributed by atoms with Crippen LogP contribution in [0.5, 0.6) is 0 Å². The lowest BCUT2D eigenvalue weighted by atomic mass is 9.97. The summed E-state index contributed by atoms with van der Waals surface area (Å²) in [6.45, 7) is 6.57. The number of benzene rings is 1. The molecule has 0 N–H and O–H groups in total. The van der Waals surface area contributed by atoms with Gasteiger partial charge < -0.3 is 9.64 Å². The molecule has 0 saturated carbocycles. The molecule has 0 fully saturated rings. The van der Waals surface area contributed by atoms with Crippen molar-refractivity contribution in [2.75, 3.05) is 20.6 Å². The highest BCUT2D eigenvalue weighted by Crippen LogP contribution is 2.21. The van der Waals surface area contributed by atoms with Gasteiger partial charge in [-0.15, -0.1) is 0 Å². The Labute approximate surface area is 110 Å². The zero-order valence-electron chi connectivity index (χ0n) is 11.9. The quantitative estimate of drug-likeness (QED) is 0.751. The largest absolute Gasteiger partial charge is 0.461 e. The Bertz CT molecular complexity index is 401. The summed E-state index contributed by atoms with van der Waals surface area (Å²) in [4.78, 5) is 14.1. The molecule has 1 aromatic rings. The first-order valence-electron chi connectivity index (χ1n) is 6.32. The minimum Gasteiger partial charge on any atom is -0.461 e. The van der Waals surface area contributed by atoms with E-state index in [0.29, 0.717) is 0 Å². The van der Waals surface area contributed by atoms with E-state index in [1.54, 1.807) is 0 Å². The summed E-state index contributed by atoms with van der Waals surface area (Å²) >= 11 is 0. The Morgan fingerprint density at radius 1 is 1.28 bits per heavy atom. The maximum absolute atomic E-state index is 12.0. The van der Waals surface area contributed by atoms with Crippen molar-refractivity contribution in [3.05, 3.63) is 35.4 Å². The van der Waals surface area contributed by atoms with E-state index in [9.17, 15) is 4.79 Å². The predicted molar refractivity (Wildman–Crippen MR) is 73.7 cm³/mol. The SMILES string of the molecule is Cc1ccccc1[C@@H](C)C(=O)O[C@H](C)CN(C)C. The molecule has 0 radical (unpaired) electrons. The van der Waals surface area contributed by atoms with Crippen molar-refractivity contribution in [2.45, 2.75) is 32.8 Å². The fourth-order valence-electron chi connectivity index (χ4n) is 2.05.